The summed E-state index contributed by atoms with van der Waals surface area (Å²) in [7, 11) is 0. The Kier molecular flexibility index (Phi) is 6.80. The lowest BCUT2D eigenvalue weighted by Crippen LogP contribution is -2.48. The summed E-state index contributed by atoms with van der Waals surface area (Å²) in [6.45, 7) is 4.31. The Morgan fingerprint density at radius 3 is 2.70 bits per heavy atom. The van der Waals surface area contributed by atoms with Crippen molar-refractivity contribution in [1.29, 1.82) is 0 Å². The summed E-state index contributed by atoms with van der Waals surface area (Å²) in [5, 5.41) is 7.61. The van der Waals surface area contributed by atoms with Crippen molar-refractivity contribution in [1.82, 2.24) is 19.6 Å². The zero-order chi connectivity index (χ0) is 26.3. The van der Waals surface area contributed by atoms with Gasteiger partial charge in [-0.05, 0) is 36.8 Å². The predicted octanol–water partition coefficient (Wildman–Crippen LogP) is 3.32. The Bertz CT molecular complexity index is 1280. The Hall–Kier alpha value is -3.25. The summed E-state index contributed by atoms with van der Waals surface area (Å²) in [5.74, 6) is -0.947. The number of nitrogens with one attached hydrogen (secondary N) is 1. The SMILES string of the molecule is CC(C)C(N)C(=O)OC1COCCC1Nc1ncc2c(F)cc(-c3ccc(C4(C(F)F)CC4)cn3)n2n1. The lowest BCUT2D eigenvalue weighted by molar-refractivity contribution is -0.158. The average Bonchev–Trinajstić information content (AvgIpc) is 3.64. The highest BCUT2D eigenvalue weighted by molar-refractivity contribution is 5.76. The van der Waals surface area contributed by atoms with Crippen LogP contribution in [-0.4, -0.2) is 63.4 Å². The van der Waals surface area contributed by atoms with E-state index in [1.54, 1.807) is 12.1 Å². The minimum atomic E-state index is -2.46. The van der Waals surface area contributed by atoms with Gasteiger partial charge in [-0.25, -0.2) is 22.7 Å². The summed E-state index contributed by atoms with van der Waals surface area (Å²) in [5.41, 5.74) is 6.14. The molecule has 9 nitrogen and oxygen atoms in total. The van der Waals surface area contributed by atoms with Gasteiger partial charge in [0.1, 0.15) is 17.7 Å². The van der Waals surface area contributed by atoms with E-state index in [2.05, 4.69) is 20.4 Å². The number of nitrogens with two attached hydrogens (primary N) is 1. The van der Waals surface area contributed by atoms with Gasteiger partial charge < -0.3 is 20.5 Å². The molecular formula is C25H29F3N6O3. The third-order valence-corrected chi connectivity index (χ3v) is 7.15. The van der Waals surface area contributed by atoms with Crippen molar-refractivity contribution in [3.8, 4) is 11.4 Å². The molecule has 198 valence electrons. The molecule has 0 bridgehead atoms. The number of fused-ring (bicyclic) bond motifs is 1. The molecule has 4 heterocycles. The molecule has 1 aliphatic heterocycles. The molecule has 1 saturated heterocycles. The molecule has 3 aromatic rings. The molecule has 1 aliphatic carbocycles. The van der Waals surface area contributed by atoms with Crippen LogP contribution in [-0.2, 0) is 19.7 Å². The number of alkyl halides is 2. The fourth-order valence-corrected chi connectivity index (χ4v) is 4.47. The molecule has 0 spiro atoms. The largest absolute Gasteiger partial charge is 0.457 e. The molecule has 2 aliphatic rings. The molecule has 3 N–H and O–H groups in total. The number of carbonyl (C=O) groups excluding carboxylic acids is 1. The van der Waals surface area contributed by atoms with Crippen LogP contribution in [0.25, 0.3) is 16.9 Å². The van der Waals surface area contributed by atoms with Crippen LogP contribution in [0.3, 0.4) is 0 Å². The second kappa shape index (κ2) is 9.90. The highest BCUT2D eigenvalue weighted by atomic mass is 19.3. The van der Waals surface area contributed by atoms with Crippen LogP contribution in [0.15, 0.2) is 30.6 Å². The summed E-state index contributed by atoms with van der Waals surface area (Å²) >= 11 is 0. The number of hydrogen-bond donors (Lipinski definition) is 2. The van der Waals surface area contributed by atoms with E-state index in [0.717, 1.165) is 0 Å². The maximum Gasteiger partial charge on any atom is 0.323 e. The van der Waals surface area contributed by atoms with Gasteiger partial charge in [-0.15, -0.1) is 5.10 Å². The molecular weight excluding hydrogens is 489 g/mol. The van der Waals surface area contributed by atoms with Crippen molar-refractivity contribution < 1.29 is 27.4 Å². The number of pyridine rings is 1. The standard InChI is InChI=1S/C25H29F3N6O3/c1-13(2)21(29)22(35)37-20-12-36-8-5-17(20)32-24-31-11-19-15(26)9-18(34(19)33-24)16-4-3-14(10-30-16)25(6-7-25)23(27)28/h3-4,9-11,13,17,20-21,23H,5-8,12,29H2,1-2H3,(H,32,33). The summed E-state index contributed by atoms with van der Waals surface area (Å²) in [6, 6.07) is 3.39. The van der Waals surface area contributed by atoms with Gasteiger partial charge in [-0.2, -0.15) is 0 Å². The molecule has 0 amide bonds. The van der Waals surface area contributed by atoms with E-state index < -0.39 is 35.8 Å². The van der Waals surface area contributed by atoms with Crippen LogP contribution in [0, 0.1) is 11.7 Å². The fourth-order valence-electron chi connectivity index (χ4n) is 4.47. The van der Waals surface area contributed by atoms with E-state index in [0.29, 0.717) is 42.8 Å². The molecule has 3 aromatic heterocycles. The number of rotatable bonds is 8. The Morgan fingerprint density at radius 2 is 2.05 bits per heavy atom. The number of aromatic nitrogens is 4. The van der Waals surface area contributed by atoms with Gasteiger partial charge in [-0.3, -0.25) is 9.78 Å². The van der Waals surface area contributed by atoms with E-state index >= 15 is 0 Å². The third kappa shape index (κ3) is 4.87. The quantitative estimate of drug-likeness (QED) is 0.437. The Morgan fingerprint density at radius 1 is 1.27 bits per heavy atom. The van der Waals surface area contributed by atoms with Gasteiger partial charge in [0, 0.05) is 18.9 Å². The zero-order valence-electron chi connectivity index (χ0n) is 20.5. The molecule has 2 fully saturated rings. The van der Waals surface area contributed by atoms with Gasteiger partial charge in [0.15, 0.2) is 5.82 Å². The van der Waals surface area contributed by atoms with E-state index in [1.807, 2.05) is 13.8 Å². The first-order chi connectivity index (χ1) is 17.7. The first kappa shape index (κ1) is 25.4. The molecule has 37 heavy (non-hydrogen) atoms. The maximum atomic E-state index is 14.7. The van der Waals surface area contributed by atoms with Crippen molar-refractivity contribution in [2.45, 2.75) is 63.1 Å². The van der Waals surface area contributed by atoms with Gasteiger partial charge in [0.25, 0.3) is 0 Å². The van der Waals surface area contributed by atoms with E-state index in [9.17, 15) is 18.0 Å². The summed E-state index contributed by atoms with van der Waals surface area (Å²) in [4.78, 5) is 21.0. The van der Waals surface area contributed by atoms with Crippen LogP contribution in [0.5, 0.6) is 0 Å². The molecule has 5 rings (SSSR count). The molecule has 1 saturated carbocycles. The van der Waals surface area contributed by atoms with Gasteiger partial charge in [0.2, 0.25) is 12.4 Å². The average molecular weight is 519 g/mol. The second-order valence-corrected chi connectivity index (χ2v) is 10.0. The van der Waals surface area contributed by atoms with E-state index in [4.69, 9.17) is 15.2 Å². The number of ether oxygens (including phenoxy) is 2. The van der Waals surface area contributed by atoms with Crippen molar-refractivity contribution in [2.75, 3.05) is 18.5 Å². The van der Waals surface area contributed by atoms with Crippen LogP contribution in [0.2, 0.25) is 0 Å². The van der Waals surface area contributed by atoms with Crippen LogP contribution >= 0.6 is 0 Å². The number of anilines is 1. The van der Waals surface area contributed by atoms with Crippen molar-refractivity contribution in [2.24, 2.45) is 11.7 Å². The normalized spacial score (nSPS) is 21.8. The van der Waals surface area contributed by atoms with Gasteiger partial charge in [-0.1, -0.05) is 19.9 Å². The minimum absolute atomic E-state index is 0.0796. The second-order valence-electron chi connectivity index (χ2n) is 10.0. The Balaban J connectivity index is 1.38. The van der Waals surface area contributed by atoms with Gasteiger partial charge >= 0.3 is 5.97 Å². The molecule has 0 radical (unpaired) electrons. The maximum absolute atomic E-state index is 14.7. The van der Waals surface area contributed by atoms with E-state index in [1.165, 1.54) is 23.0 Å². The molecule has 0 aromatic carbocycles. The summed E-state index contributed by atoms with van der Waals surface area (Å²) < 4.78 is 54.1. The highest BCUT2D eigenvalue weighted by Crippen LogP contribution is 2.52. The van der Waals surface area contributed by atoms with Crippen LogP contribution in [0.1, 0.15) is 38.7 Å². The van der Waals surface area contributed by atoms with Crippen LogP contribution < -0.4 is 11.1 Å². The molecule has 12 heteroatoms. The van der Waals surface area contributed by atoms with Crippen molar-refractivity contribution in [3.63, 3.8) is 0 Å². The number of esters is 1. The van der Waals surface area contributed by atoms with Crippen LogP contribution in [0.4, 0.5) is 19.1 Å². The lowest BCUT2D eigenvalue weighted by Gasteiger charge is -2.32. The zero-order valence-corrected chi connectivity index (χ0v) is 20.5. The minimum Gasteiger partial charge on any atom is -0.457 e. The number of hydrogen-bond acceptors (Lipinski definition) is 8. The predicted molar refractivity (Wildman–Crippen MR) is 129 cm³/mol. The highest BCUT2D eigenvalue weighted by Gasteiger charge is 2.52. The van der Waals surface area contributed by atoms with Crippen molar-refractivity contribution >= 4 is 17.4 Å². The fraction of sp³-hybridized carbons (Fsp3) is 0.520. The van der Waals surface area contributed by atoms with Gasteiger partial charge in [0.05, 0.1) is 35.6 Å². The molecule has 3 atom stereocenters. The number of halogens is 3. The monoisotopic (exact) mass is 518 g/mol. The number of nitrogens with zero attached hydrogens (tertiary/aromatic N) is 4. The lowest BCUT2D eigenvalue weighted by atomic mass is 9.98. The third-order valence-electron chi connectivity index (χ3n) is 7.15. The first-order valence-corrected chi connectivity index (χ1v) is 12.3. The number of carbonyl (C=O) groups is 1. The van der Waals surface area contributed by atoms with Crippen molar-refractivity contribution in [3.05, 3.63) is 42.0 Å². The Labute approximate surface area is 211 Å². The van der Waals surface area contributed by atoms with E-state index in [-0.39, 0.29) is 30.0 Å². The first-order valence-electron chi connectivity index (χ1n) is 12.3. The molecule has 3 unspecified atom stereocenters. The summed E-state index contributed by atoms with van der Waals surface area (Å²) in [6.07, 6.45) is 1.07. The smallest absolute Gasteiger partial charge is 0.323 e. The topological polar surface area (TPSA) is 117 Å².